The Morgan fingerprint density at radius 2 is 1.88 bits per heavy atom. The van der Waals surface area contributed by atoms with Crippen LogP contribution in [0, 0.1) is 0 Å². The number of nitrogens with one attached hydrogen (secondary N) is 4. The minimum absolute atomic E-state index is 0.000977. The number of nitrogens with two attached hydrogens (primary N) is 1. The lowest BCUT2D eigenvalue weighted by atomic mass is 10.0. The number of rotatable bonds is 17. The molecule has 264 valence electrons. The minimum atomic E-state index is -1.37. The molecule has 0 bridgehead atoms. The van der Waals surface area contributed by atoms with E-state index < -0.39 is 54.9 Å². The topological polar surface area (TPSA) is 236 Å². The zero-order valence-electron chi connectivity index (χ0n) is 27.7. The minimum Gasteiger partial charge on any atom is -0.506 e. The normalized spacial score (nSPS) is 20.5. The maximum absolute atomic E-state index is 14.0. The van der Waals surface area contributed by atoms with E-state index in [1.807, 2.05) is 20.8 Å². The maximum atomic E-state index is 14.0. The average molecular weight is 673 g/mol. The first kappa shape index (κ1) is 37.7. The van der Waals surface area contributed by atoms with Crippen molar-refractivity contribution < 1.29 is 39.0 Å². The lowest BCUT2D eigenvalue weighted by molar-refractivity contribution is -0.148. The number of likely N-dealkylation sites (tertiary alicyclic amines) is 1. The molecule has 2 heterocycles. The number of nitrogen functional groups attached to an aromatic ring is 1. The fourth-order valence-electron chi connectivity index (χ4n) is 6.04. The van der Waals surface area contributed by atoms with Crippen LogP contribution in [0.25, 0.3) is 0 Å². The van der Waals surface area contributed by atoms with Crippen LogP contribution < -0.4 is 27.0 Å². The number of anilines is 1. The summed E-state index contributed by atoms with van der Waals surface area (Å²) in [4.78, 5) is 84.3. The van der Waals surface area contributed by atoms with Crippen molar-refractivity contribution in [2.45, 2.75) is 96.1 Å². The molecule has 2 aliphatic heterocycles. The van der Waals surface area contributed by atoms with Gasteiger partial charge >= 0.3 is 5.97 Å². The molecule has 48 heavy (non-hydrogen) atoms. The van der Waals surface area contributed by atoms with Crippen LogP contribution >= 0.6 is 0 Å². The summed E-state index contributed by atoms with van der Waals surface area (Å²) in [7, 11) is 0. The lowest BCUT2D eigenvalue weighted by Gasteiger charge is -2.35. The first-order valence-corrected chi connectivity index (χ1v) is 16.4. The van der Waals surface area contributed by atoms with E-state index in [9.17, 15) is 39.0 Å². The van der Waals surface area contributed by atoms with Crippen LogP contribution in [0.5, 0.6) is 5.75 Å². The first-order valence-electron chi connectivity index (χ1n) is 16.4. The van der Waals surface area contributed by atoms with Crippen molar-refractivity contribution in [1.82, 2.24) is 31.1 Å². The molecule has 16 heteroatoms. The smallest absolute Gasteiger partial charge is 0.326 e. The molecule has 2 fully saturated rings. The highest BCUT2D eigenvalue weighted by Gasteiger charge is 2.45. The van der Waals surface area contributed by atoms with Gasteiger partial charge in [-0.2, -0.15) is 0 Å². The summed E-state index contributed by atoms with van der Waals surface area (Å²) in [6, 6.07) is 1.03. The van der Waals surface area contributed by atoms with Gasteiger partial charge < -0.3 is 41.7 Å². The van der Waals surface area contributed by atoms with Gasteiger partial charge in [0.1, 0.15) is 23.9 Å². The number of amides is 5. The van der Waals surface area contributed by atoms with Crippen LogP contribution in [0.2, 0.25) is 0 Å². The van der Waals surface area contributed by atoms with Gasteiger partial charge in [-0.25, -0.2) is 4.79 Å². The number of nitrogens with zero attached hydrogens (tertiary/aromatic N) is 3. The number of para-hydroxylation sites is 1. The molecular formula is C32H48N8O8. The number of phenolic OH excluding ortho intramolecular Hbond substituents is 1. The SMILES string of the molecule is CC=NCCCC[C@@H](C(=O)N1CCC[C@H]1C(=O)NCC(=O)NCC(=O)N[C@@H](Cc1cccc(O)c1N)C(=O)O)N1C(=O)C(CC)NC1C. The Morgan fingerprint density at radius 1 is 1.15 bits per heavy atom. The number of carboxylic acids is 1. The third kappa shape index (κ3) is 9.89. The summed E-state index contributed by atoms with van der Waals surface area (Å²) in [5.41, 5.74) is 6.12. The summed E-state index contributed by atoms with van der Waals surface area (Å²) in [5, 5.41) is 29.7. The third-order valence-electron chi connectivity index (χ3n) is 8.58. The van der Waals surface area contributed by atoms with Crippen molar-refractivity contribution in [3.05, 3.63) is 23.8 Å². The Labute approximate surface area is 279 Å². The predicted molar refractivity (Wildman–Crippen MR) is 177 cm³/mol. The van der Waals surface area contributed by atoms with E-state index in [0.29, 0.717) is 50.8 Å². The van der Waals surface area contributed by atoms with Gasteiger partial charge in [-0.05, 0) is 70.2 Å². The number of carbonyl (C=O) groups is 6. The highest BCUT2D eigenvalue weighted by molar-refractivity contribution is 5.95. The van der Waals surface area contributed by atoms with Gasteiger partial charge in [0.15, 0.2) is 0 Å². The molecule has 0 spiro atoms. The molecule has 0 aliphatic carbocycles. The van der Waals surface area contributed by atoms with Gasteiger partial charge in [0.25, 0.3) is 0 Å². The molecule has 5 atom stereocenters. The lowest BCUT2D eigenvalue weighted by Crippen LogP contribution is -2.56. The fourth-order valence-corrected chi connectivity index (χ4v) is 6.04. The first-order chi connectivity index (χ1) is 22.9. The number of carbonyl (C=O) groups excluding carboxylic acids is 5. The van der Waals surface area contributed by atoms with Crippen LogP contribution in [0.3, 0.4) is 0 Å². The summed E-state index contributed by atoms with van der Waals surface area (Å²) in [6.07, 6.45) is 4.55. The van der Waals surface area contributed by atoms with Gasteiger partial charge in [0.2, 0.25) is 29.5 Å². The molecule has 16 nitrogen and oxygen atoms in total. The second-order valence-corrected chi connectivity index (χ2v) is 11.9. The fraction of sp³-hybridized carbons (Fsp3) is 0.594. The number of aliphatic carboxylic acids is 1. The Hall–Kier alpha value is -4.73. The molecule has 1 aromatic rings. The van der Waals surface area contributed by atoms with Crippen molar-refractivity contribution in [2.24, 2.45) is 4.99 Å². The zero-order valence-corrected chi connectivity index (χ0v) is 27.7. The predicted octanol–water partition coefficient (Wildman–Crippen LogP) is -0.504. The number of hydrogen-bond acceptors (Lipinski definition) is 10. The number of unbranched alkanes of at least 4 members (excludes halogenated alkanes) is 1. The van der Waals surface area contributed by atoms with Gasteiger partial charge in [0.05, 0.1) is 31.0 Å². The summed E-state index contributed by atoms with van der Waals surface area (Å²) in [6.45, 7) is 5.50. The third-order valence-corrected chi connectivity index (χ3v) is 8.58. The molecule has 3 rings (SSSR count). The van der Waals surface area contributed by atoms with E-state index in [4.69, 9.17) is 5.73 Å². The van der Waals surface area contributed by atoms with Crippen molar-refractivity contribution in [3.8, 4) is 5.75 Å². The van der Waals surface area contributed by atoms with Crippen molar-refractivity contribution in [1.29, 1.82) is 0 Å². The quantitative estimate of drug-likeness (QED) is 0.0485. The van der Waals surface area contributed by atoms with E-state index in [-0.39, 0.29) is 41.9 Å². The molecule has 1 aromatic carbocycles. The van der Waals surface area contributed by atoms with Crippen LogP contribution in [0.15, 0.2) is 23.2 Å². The van der Waals surface area contributed by atoms with E-state index >= 15 is 0 Å². The number of aliphatic imine (C=N–C) groups is 1. The number of carboxylic acid groups (broad SMARTS) is 1. The summed E-state index contributed by atoms with van der Waals surface area (Å²) < 4.78 is 0. The molecular weight excluding hydrogens is 624 g/mol. The van der Waals surface area contributed by atoms with Gasteiger partial charge in [-0.15, -0.1) is 0 Å². The maximum Gasteiger partial charge on any atom is 0.326 e. The van der Waals surface area contributed by atoms with Gasteiger partial charge in [0, 0.05) is 19.5 Å². The Kier molecular flexibility index (Phi) is 14.1. The van der Waals surface area contributed by atoms with E-state index in [1.54, 1.807) is 11.1 Å². The number of aromatic hydroxyl groups is 1. The highest BCUT2D eigenvalue weighted by Crippen LogP contribution is 2.26. The molecule has 2 unspecified atom stereocenters. The van der Waals surface area contributed by atoms with Crippen LogP contribution in [0.4, 0.5) is 5.69 Å². The molecule has 0 saturated carbocycles. The average Bonchev–Trinajstić information content (AvgIpc) is 3.66. The second-order valence-electron chi connectivity index (χ2n) is 11.9. The van der Waals surface area contributed by atoms with Crippen LogP contribution in [-0.2, 0) is 35.2 Å². The van der Waals surface area contributed by atoms with Crippen LogP contribution in [0.1, 0.15) is 64.9 Å². The number of phenols is 1. The standard InChI is InChI=1S/C32H48N8O8/c1-4-21-30(45)40(19(3)37-21)24(11-6-7-14-34-5-2)31(46)39-15-9-12-23(39)29(44)36-17-26(42)35-18-27(43)38-22(32(47)48)16-20-10-8-13-25(41)28(20)33/h5,8,10,13,19,21-24,37,41H,4,6-7,9,11-12,14-18,33H2,1-3H3,(H,35,42)(H,36,44)(H,38,43)(H,47,48)/t19?,21?,22-,23-,24-/m0/s1. The molecule has 2 saturated heterocycles. The van der Waals surface area contributed by atoms with E-state index in [2.05, 4.69) is 26.3 Å². The largest absolute Gasteiger partial charge is 0.506 e. The summed E-state index contributed by atoms with van der Waals surface area (Å²) in [5.74, 6) is -4.02. The number of hydrogen-bond donors (Lipinski definition) is 7. The molecule has 5 amide bonds. The molecule has 8 N–H and O–H groups in total. The van der Waals surface area contributed by atoms with E-state index in [1.165, 1.54) is 23.1 Å². The van der Waals surface area contributed by atoms with E-state index in [0.717, 1.165) is 6.42 Å². The Bertz CT molecular complexity index is 1370. The Morgan fingerprint density at radius 3 is 2.54 bits per heavy atom. The molecule has 2 aliphatic rings. The second kappa shape index (κ2) is 18.0. The zero-order chi connectivity index (χ0) is 35.4. The van der Waals surface area contributed by atoms with Crippen molar-refractivity contribution in [3.63, 3.8) is 0 Å². The monoisotopic (exact) mass is 672 g/mol. The van der Waals surface area contributed by atoms with Crippen LogP contribution in [-0.4, -0.2) is 118 Å². The molecule has 0 radical (unpaired) electrons. The molecule has 0 aromatic heterocycles. The summed E-state index contributed by atoms with van der Waals surface area (Å²) >= 11 is 0. The van der Waals surface area contributed by atoms with Gasteiger partial charge in [-0.1, -0.05) is 19.1 Å². The van der Waals surface area contributed by atoms with Crippen molar-refractivity contribution in [2.75, 3.05) is 31.9 Å². The Balaban J connectivity index is 1.55. The van der Waals surface area contributed by atoms with Gasteiger partial charge in [-0.3, -0.25) is 34.3 Å². The number of benzene rings is 1. The highest BCUT2D eigenvalue weighted by atomic mass is 16.4. The van der Waals surface area contributed by atoms with Crippen molar-refractivity contribution >= 4 is 47.4 Å².